The van der Waals surface area contributed by atoms with Crippen molar-refractivity contribution in [1.82, 2.24) is 0 Å². The lowest BCUT2D eigenvalue weighted by Crippen LogP contribution is -2.11. The number of benzene rings is 2. The summed E-state index contributed by atoms with van der Waals surface area (Å²) in [6, 6.07) is 16.8. The predicted octanol–water partition coefficient (Wildman–Crippen LogP) is 4.07. The summed E-state index contributed by atoms with van der Waals surface area (Å²) in [5, 5.41) is 0. The van der Waals surface area contributed by atoms with Crippen LogP contribution in [-0.4, -0.2) is 7.05 Å². The second kappa shape index (κ2) is 4.40. The average molecular weight is 211 g/mol. The maximum absolute atomic E-state index is 2.22. The highest BCUT2D eigenvalue weighted by atomic mass is 15.1. The molecule has 0 amide bonds. The maximum Gasteiger partial charge on any atom is 0.0440 e. The molecule has 0 aliphatic carbocycles. The van der Waals surface area contributed by atoms with Gasteiger partial charge in [-0.15, -0.1) is 0 Å². The van der Waals surface area contributed by atoms with Crippen LogP contribution in [0.25, 0.3) is 0 Å². The number of rotatable bonds is 2. The van der Waals surface area contributed by atoms with Gasteiger partial charge in [-0.2, -0.15) is 0 Å². The molecule has 1 nitrogen and oxygen atoms in total. The lowest BCUT2D eigenvalue weighted by atomic mass is 10.1. The second-order valence-corrected chi connectivity index (χ2v) is 4.11. The molecular formula is C15H17N. The Labute approximate surface area is 97.3 Å². The van der Waals surface area contributed by atoms with Crippen molar-refractivity contribution in [2.75, 3.05) is 11.9 Å². The summed E-state index contributed by atoms with van der Waals surface area (Å²) in [6.45, 7) is 4.32. The number of hydrogen-bond donors (Lipinski definition) is 0. The van der Waals surface area contributed by atoms with Crippen molar-refractivity contribution in [3.05, 3.63) is 59.7 Å². The van der Waals surface area contributed by atoms with Gasteiger partial charge in [0, 0.05) is 18.4 Å². The quantitative estimate of drug-likeness (QED) is 0.723. The summed E-state index contributed by atoms with van der Waals surface area (Å²) in [5.74, 6) is 0. The van der Waals surface area contributed by atoms with E-state index in [0.29, 0.717) is 0 Å². The van der Waals surface area contributed by atoms with E-state index < -0.39 is 0 Å². The van der Waals surface area contributed by atoms with E-state index in [1.807, 2.05) is 6.07 Å². The highest BCUT2D eigenvalue weighted by Gasteiger charge is 2.06. The molecule has 2 rings (SSSR count). The molecule has 0 aromatic heterocycles. The molecule has 0 bridgehead atoms. The third kappa shape index (κ3) is 1.94. The molecule has 0 unspecified atom stereocenters. The van der Waals surface area contributed by atoms with Crippen LogP contribution in [-0.2, 0) is 0 Å². The van der Waals surface area contributed by atoms with Crippen molar-refractivity contribution in [2.45, 2.75) is 13.8 Å². The Morgan fingerprint density at radius 1 is 0.812 bits per heavy atom. The third-order valence-electron chi connectivity index (χ3n) is 3.08. The summed E-state index contributed by atoms with van der Waals surface area (Å²) in [5.41, 5.74) is 5.16. The van der Waals surface area contributed by atoms with Crippen LogP contribution in [0.15, 0.2) is 48.5 Å². The fourth-order valence-electron chi connectivity index (χ4n) is 1.89. The number of nitrogens with zero attached hydrogens (tertiary/aromatic N) is 1. The summed E-state index contributed by atoms with van der Waals surface area (Å²) < 4.78 is 0. The van der Waals surface area contributed by atoms with Crippen molar-refractivity contribution in [2.24, 2.45) is 0 Å². The van der Waals surface area contributed by atoms with Crippen molar-refractivity contribution in [3.8, 4) is 0 Å². The first-order valence-corrected chi connectivity index (χ1v) is 5.55. The van der Waals surface area contributed by atoms with Crippen LogP contribution in [0.2, 0.25) is 0 Å². The Morgan fingerprint density at radius 2 is 1.50 bits per heavy atom. The van der Waals surface area contributed by atoms with Gasteiger partial charge in [0.1, 0.15) is 0 Å². The van der Waals surface area contributed by atoms with Gasteiger partial charge in [0.05, 0.1) is 0 Å². The minimum atomic E-state index is 1.22. The first-order chi connectivity index (χ1) is 7.70. The van der Waals surface area contributed by atoms with E-state index >= 15 is 0 Å². The van der Waals surface area contributed by atoms with Crippen LogP contribution in [0, 0.1) is 13.8 Å². The fourth-order valence-corrected chi connectivity index (χ4v) is 1.89. The van der Waals surface area contributed by atoms with Gasteiger partial charge in [-0.1, -0.05) is 30.3 Å². The highest BCUT2D eigenvalue weighted by molar-refractivity contribution is 5.66. The molecule has 82 valence electrons. The first kappa shape index (κ1) is 10.7. The summed E-state index contributed by atoms with van der Waals surface area (Å²) in [7, 11) is 2.11. The molecule has 0 fully saturated rings. The topological polar surface area (TPSA) is 3.24 Å². The van der Waals surface area contributed by atoms with Crippen LogP contribution < -0.4 is 4.90 Å². The van der Waals surface area contributed by atoms with E-state index in [9.17, 15) is 0 Å². The van der Waals surface area contributed by atoms with Crippen molar-refractivity contribution in [3.63, 3.8) is 0 Å². The van der Waals surface area contributed by atoms with Crippen molar-refractivity contribution < 1.29 is 0 Å². The molecule has 2 aromatic rings. The van der Waals surface area contributed by atoms with Crippen LogP contribution >= 0.6 is 0 Å². The largest absolute Gasteiger partial charge is 0.344 e. The summed E-state index contributed by atoms with van der Waals surface area (Å²) in [6.07, 6.45) is 0. The number of hydrogen-bond acceptors (Lipinski definition) is 1. The molecular weight excluding hydrogens is 194 g/mol. The monoisotopic (exact) mass is 211 g/mol. The number of aryl methyl sites for hydroxylation is 1. The standard InChI is InChI=1S/C15H17N/c1-12-8-7-11-15(13(12)2)16(3)14-9-5-4-6-10-14/h4-11H,1-3H3. The summed E-state index contributed by atoms with van der Waals surface area (Å²) in [4.78, 5) is 2.22. The molecule has 0 atom stereocenters. The zero-order valence-corrected chi connectivity index (χ0v) is 10.1. The molecule has 0 radical (unpaired) electrons. The maximum atomic E-state index is 2.22. The number of anilines is 2. The van der Waals surface area contributed by atoms with E-state index in [-0.39, 0.29) is 0 Å². The minimum Gasteiger partial charge on any atom is -0.344 e. The molecule has 0 aliphatic heterocycles. The molecule has 2 aromatic carbocycles. The Balaban J connectivity index is 2.42. The van der Waals surface area contributed by atoms with Gasteiger partial charge in [-0.3, -0.25) is 0 Å². The van der Waals surface area contributed by atoms with Crippen molar-refractivity contribution in [1.29, 1.82) is 0 Å². The zero-order chi connectivity index (χ0) is 11.5. The normalized spacial score (nSPS) is 10.2. The molecule has 0 saturated carbocycles. The Bertz CT molecular complexity index is 474. The lowest BCUT2D eigenvalue weighted by Gasteiger charge is -2.22. The van der Waals surface area contributed by atoms with Crippen LogP contribution in [0.4, 0.5) is 11.4 Å². The van der Waals surface area contributed by atoms with E-state index in [1.54, 1.807) is 0 Å². The van der Waals surface area contributed by atoms with Gasteiger partial charge < -0.3 is 4.90 Å². The Hall–Kier alpha value is -1.76. The van der Waals surface area contributed by atoms with E-state index in [1.165, 1.54) is 22.5 Å². The summed E-state index contributed by atoms with van der Waals surface area (Å²) >= 11 is 0. The molecule has 1 heteroatoms. The smallest absolute Gasteiger partial charge is 0.0440 e. The molecule has 0 N–H and O–H groups in total. The molecule has 16 heavy (non-hydrogen) atoms. The van der Waals surface area contributed by atoms with E-state index in [4.69, 9.17) is 0 Å². The van der Waals surface area contributed by atoms with Gasteiger partial charge in [0.2, 0.25) is 0 Å². The number of para-hydroxylation sites is 1. The van der Waals surface area contributed by atoms with Gasteiger partial charge >= 0.3 is 0 Å². The van der Waals surface area contributed by atoms with Gasteiger partial charge in [-0.25, -0.2) is 0 Å². The molecule has 0 aliphatic rings. The average Bonchev–Trinajstić information content (AvgIpc) is 2.33. The van der Waals surface area contributed by atoms with Gasteiger partial charge in [-0.05, 0) is 43.2 Å². The zero-order valence-electron chi connectivity index (χ0n) is 10.1. The molecule has 0 heterocycles. The third-order valence-corrected chi connectivity index (χ3v) is 3.08. The Kier molecular flexibility index (Phi) is 2.95. The SMILES string of the molecule is Cc1cccc(N(C)c2ccccc2)c1C. The van der Waals surface area contributed by atoms with Crippen molar-refractivity contribution >= 4 is 11.4 Å². The van der Waals surface area contributed by atoms with Crippen LogP contribution in [0.1, 0.15) is 11.1 Å². The molecule has 0 saturated heterocycles. The first-order valence-electron chi connectivity index (χ1n) is 5.55. The molecule has 0 spiro atoms. The highest BCUT2D eigenvalue weighted by Crippen LogP contribution is 2.27. The lowest BCUT2D eigenvalue weighted by molar-refractivity contribution is 1.17. The predicted molar refractivity (Wildman–Crippen MR) is 70.4 cm³/mol. The van der Waals surface area contributed by atoms with Gasteiger partial charge in [0.15, 0.2) is 0 Å². The fraction of sp³-hybridized carbons (Fsp3) is 0.200. The van der Waals surface area contributed by atoms with Crippen LogP contribution in [0.3, 0.4) is 0 Å². The van der Waals surface area contributed by atoms with E-state index in [2.05, 4.69) is 68.3 Å². The van der Waals surface area contributed by atoms with E-state index in [0.717, 1.165) is 0 Å². The van der Waals surface area contributed by atoms with Crippen LogP contribution in [0.5, 0.6) is 0 Å². The van der Waals surface area contributed by atoms with Gasteiger partial charge in [0.25, 0.3) is 0 Å². The Morgan fingerprint density at radius 3 is 2.19 bits per heavy atom. The second-order valence-electron chi connectivity index (χ2n) is 4.11. The minimum absolute atomic E-state index is 1.22.